The Kier molecular flexibility index (Phi) is 3.66. The molecule has 0 aromatic carbocycles. The SMILES string of the molecule is CCC1(F)C(F)(F)C(F)(F)C(F)(S(=O)(=O)O)C(F)(F)C1(F)F. The maximum Gasteiger partial charge on any atom is 0.371 e. The Morgan fingerprint density at radius 1 is 0.727 bits per heavy atom. The monoisotopic (exact) mass is 372 g/mol. The minimum absolute atomic E-state index is 0.0622. The van der Waals surface area contributed by atoms with Crippen LogP contribution in [0.5, 0.6) is 0 Å². The molecule has 0 bridgehead atoms. The Hall–Kier alpha value is -0.790. The number of halogens is 10. The number of hydrogen-bond acceptors (Lipinski definition) is 2. The third-order valence-corrected chi connectivity index (χ3v) is 4.66. The van der Waals surface area contributed by atoms with Gasteiger partial charge in [-0.25, -0.2) is 8.78 Å². The van der Waals surface area contributed by atoms with Gasteiger partial charge in [-0.2, -0.15) is 43.5 Å². The predicted molar refractivity (Wildman–Crippen MR) is 49.3 cm³/mol. The third kappa shape index (κ3) is 1.50. The summed E-state index contributed by atoms with van der Waals surface area (Å²) < 4.78 is 163. The van der Waals surface area contributed by atoms with E-state index in [0.717, 1.165) is 0 Å². The molecule has 132 valence electrons. The lowest BCUT2D eigenvalue weighted by molar-refractivity contribution is -0.443. The molecule has 0 atom stereocenters. The zero-order valence-corrected chi connectivity index (χ0v) is 11.0. The molecule has 3 nitrogen and oxygen atoms in total. The van der Waals surface area contributed by atoms with E-state index in [1.54, 1.807) is 0 Å². The lowest BCUT2D eigenvalue weighted by atomic mass is 9.72. The summed E-state index contributed by atoms with van der Waals surface area (Å²) in [6.45, 7) is 0.0622. The van der Waals surface area contributed by atoms with E-state index < -0.39 is 50.9 Å². The van der Waals surface area contributed by atoms with Crippen LogP contribution in [0.15, 0.2) is 0 Å². The van der Waals surface area contributed by atoms with Crippen molar-refractivity contribution in [1.29, 1.82) is 0 Å². The maximum atomic E-state index is 13.7. The van der Waals surface area contributed by atoms with Gasteiger partial charge in [0.2, 0.25) is 5.67 Å². The van der Waals surface area contributed by atoms with Gasteiger partial charge in [0.25, 0.3) is 0 Å². The van der Waals surface area contributed by atoms with Gasteiger partial charge < -0.3 is 0 Å². The number of hydrogen-bond donors (Lipinski definition) is 1. The minimum atomic E-state index is -7.53. The van der Waals surface area contributed by atoms with Crippen molar-refractivity contribution >= 4 is 10.1 Å². The van der Waals surface area contributed by atoms with Crippen molar-refractivity contribution in [2.45, 2.75) is 47.7 Å². The zero-order valence-electron chi connectivity index (χ0n) is 10.2. The van der Waals surface area contributed by atoms with Gasteiger partial charge in [-0.05, 0) is 6.42 Å². The molecule has 14 heteroatoms. The van der Waals surface area contributed by atoms with Gasteiger partial charge in [-0.3, -0.25) is 4.55 Å². The second kappa shape index (κ2) is 4.19. The van der Waals surface area contributed by atoms with E-state index in [2.05, 4.69) is 0 Å². The van der Waals surface area contributed by atoms with E-state index >= 15 is 0 Å². The molecule has 0 aromatic heterocycles. The largest absolute Gasteiger partial charge is 0.371 e. The van der Waals surface area contributed by atoms with Crippen molar-refractivity contribution in [3.8, 4) is 0 Å². The second-order valence-corrected chi connectivity index (χ2v) is 6.04. The molecule has 0 radical (unpaired) electrons. The van der Waals surface area contributed by atoms with Gasteiger partial charge in [0.1, 0.15) is 0 Å². The van der Waals surface area contributed by atoms with E-state index in [-0.39, 0.29) is 6.92 Å². The smallest absolute Gasteiger partial charge is 0.283 e. The maximum absolute atomic E-state index is 13.7. The van der Waals surface area contributed by atoms with E-state index in [4.69, 9.17) is 4.55 Å². The average Bonchev–Trinajstić information content (AvgIpc) is 2.32. The summed E-state index contributed by atoms with van der Waals surface area (Å²) >= 11 is 0. The molecule has 22 heavy (non-hydrogen) atoms. The summed E-state index contributed by atoms with van der Waals surface area (Å²) in [5.74, 6) is -28.2. The molecule has 1 aliphatic rings. The molecule has 1 saturated carbocycles. The predicted octanol–water partition coefficient (Wildman–Crippen LogP) is 3.21. The second-order valence-electron chi connectivity index (χ2n) is 4.52. The molecule has 1 fully saturated rings. The number of alkyl halides is 10. The van der Waals surface area contributed by atoms with Gasteiger partial charge in [-0.1, -0.05) is 6.92 Å². The van der Waals surface area contributed by atoms with Crippen LogP contribution in [-0.2, 0) is 10.1 Å². The van der Waals surface area contributed by atoms with Crippen LogP contribution in [0.4, 0.5) is 43.9 Å². The highest BCUT2D eigenvalue weighted by Crippen LogP contribution is 2.70. The first-order valence-corrected chi connectivity index (χ1v) is 6.61. The molecule has 0 spiro atoms. The van der Waals surface area contributed by atoms with Crippen LogP contribution < -0.4 is 0 Å². The van der Waals surface area contributed by atoms with Gasteiger partial charge in [0, 0.05) is 0 Å². The molecule has 0 aromatic rings. The lowest BCUT2D eigenvalue weighted by Gasteiger charge is -2.53. The van der Waals surface area contributed by atoms with E-state index in [1.165, 1.54) is 0 Å². The highest BCUT2D eigenvalue weighted by Gasteiger charge is 3.02. The third-order valence-electron chi connectivity index (χ3n) is 3.43. The molecule has 0 aliphatic heterocycles. The van der Waals surface area contributed by atoms with Crippen molar-refractivity contribution in [3.63, 3.8) is 0 Å². The molecule has 0 heterocycles. The van der Waals surface area contributed by atoms with Crippen molar-refractivity contribution in [1.82, 2.24) is 0 Å². The Morgan fingerprint density at radius 3 is 1.18 bits per heavy atom. The summed E-state index contributed by atoms with van der Waals surface area (Å²) in [7, 11) is -7.53. The molecule has 0 amide bonds. The fourth-order valence-corrected chi connectivity index (χ4v) is 2.97. The summed E-state index contributed by atoms with van der Waals surface area (Å²) in [5.41, 5.74) is -5.98. The highest BCUT2D eigenvalue weighted by molar-refractivity contribution is 7.87. The molecular formula is C8H6F10O3S. The van der Waals surface area contributed by atoms with Crippen LogP contribution in [0.1, 0.15) is 13.3 Å². The first kappa shape index (κ1) is 19.3. The summed E-state index contributed by atoms with van der Waals surface area (Å²) in [5, 5.41) is -7.15. The van der Waals surface area contributed by atoms with Crippen LogP contribution in [0, 0.1) is 0 Å². The van der Waals surface area contributed by atoms with Crippen molar-refractivity contribution < 1.29 is 56.9 Å². The Morgan fingerprint density at radius 2 is 1.00 bits per heavy atom. The Bertz CT molecular complexity index is 555. The molecule has 0 unspecified atom stereocenters. The van der Waals surface area contributed by atoms with E-state index in [1.807, 2.05) is 0 Å². The number of rotatable bonds is 2. The summed E-state index contributed by atoms with van der Waals surface area (Å²) in [6.07, 6.45) is -2.33. The van der Waals surface area contributed by atoms with Crippen LogP contribution in [0.2, 0.25) is 0 Å². The van der Waals surface area contributed by atoms with Crippen LogP contribution in [0.25, 0.3) is 0 Å². The Balaban J connectivity index is 4.05. The average molecular weight is 372 g/mol. The lowest BCUT2D eigenvalue weighted by Crippen LogP contribution is -2.86. The van der Waals surface area contributed by atoms with E-state index in [9.17, 15) is 52.3 Å². The molecular weight excluding hydrogens is 366 g/mol. The minimum Gasteiger partial charge on any atom is -0.283 e. The summed E-state index contributed by atoms with van der Waals surface area (Å²) in [6, 6.07) is 0. The zero-order chi connectivity index (χ0) is 18.2. The highest BCUT2D eigenvalue weighted by atomic mass is 32.2. The van der Waals surface area contributed by atoms with Crippen LogP contribution in [-0.4, -0.2) is 47.3 Å². The van der Waals surface area contributed by atoms with Gasteiger partial charge in [-0.15, -0.1) is 0 Å². The van der Waals surface area contributed by atoms with Crippen molar-refractivity contribution in [2.24, 2.45) is 0 Å². The van der Waals surface area contributed by atoms with Gasteiger partial charge in [0.05, 0.1) is 0 Å². The molecule has 0 saturated heterocycles. The molecule has 1 aliphatic carbocycles. The molecule has 1 N–H and O–H groups in total. The normalized spacial score (nSPS) is 39.5. The standard InChI is InChI=1S/C8H6F10O3S/c1-2-3(9)4(10,11)6(14,15)8(18,22(19,20)21)7(16,17)5(3,12)13/h2H2,1H3,(H,19,20,21). The quantitative estimate of drug-likeness (QED) is 0.598. The van der Waals surface area contributed by atoms with Crippen molar-refractivity contribution in [3.05, 3.63) is 0 Å². The van der Waals surface area contributed by atoms with Crippen molar-refractivity contribution in [2.75, 3.05) is 0 Å². The fraction of sp³-hybridized carbons (Fsp3) is 1.00. The first-order valence-electron chi connectivity index (χ1n) is 5.17. The first-order chi connectivity index (χ1) is 9.31. The van der Waals surface area contributed by atoms with E-state index in [0.29, 0.717) is 0 Å². The Labute approximate surface area is 116 Å². The topological polar surface area (TPSA) is 54.4 Å². The van der Waals surface area contributed by atoms with Crippen LogP contribution >= 0.6 is 0 Å². The fourth-order valence-electron chi connectivity index (χ4n) is 2.06. The van der Waals surface area contributed by atoms with Gasteiger partial charge >= 0.3 is 38.8 Å². The molecule has 1 rings (SSSR count). The summed E-state index contributed by atoms with van der Waals surface area (Å²) in [4.78, 5) is 0. The van der Waals surface area contributed by atoms with Gasteiger partial charge in [0.15, 0.2) is 0 Å². The van der Waals surface area contributed by atoms with Crippen LogP contribution in [0.3, 0.4) is 0 Å².